The Bertz CT molecular complexity index is 2670. The van der Waals surface area contributed by atoms with E-state index in [9.17, 15) is 38.4 Å². The van der Waals surface area contributed by atoms with E-state index < -0.39 is 115 Å². The van der Waals surface area contributed by atoms with Crippen LogP contribution in [0.1, 0.15) is 121 Å². The quantitative estimate of drug-likeness (QED) is 0.0294. The van der Waals surface area contributed by atoms with Gasteiger partial charge in [0, 0.05) is 53.5 Å². The second-order valence-corrected chi connectivity index (χ2v) is 23.4. The van der Waals surface area contributed by atoms with Crippen molar-refractivity contribution in [2.24, 2.45) is 16.6 Å². The van der Waals surface area contributed by atoms with E-state index in [1.807, 2.05) is 79.4 Å². The Morgan fingerprint density at radius 3 is 2.08 bits per heavy atom. The first-order chi connectivity index (χ1) is 35.2. The van der Waals surface area contributed by atoms with Gasteiger partial charge in [0.25, 0.3) is 5.91 Å². The molecule has 7 N–H and O–H groups in total. The number of amides is 5. The molecule has 4 aromatic rings. The first-order valence-corrected chi connectivity index (χ1v) is 26.5. The minimum atomic E-state index is -5.63. The van der Waals surface area contributed by atoms with Crippen LogP contribution in [-0.4, -0.2) is 119 Å². The smallest absolute Gasteiger partial charge is 0.409 e. The zero-order valence-electron chi connectivity index (χ0n) is 43.6. The molecule has 6 atom stereocenters. The van der Waals surface area contributed by atoms with Crippen LogP contribution in [0.4, 0.5) is 8.78 Å². The number of benzene rings is 3. The van der Waals surface area contributed by atoms with E-state index in [1.54, 1.807) is 20.8 Å². The van der Waals surface area contributed by atoms with Gasteiger partial charge in [0.15, 0.2) is 13.1 Å². The van der Waals surface area contributed by atoms with E-state index in [0.29, 0.717) is 19.4 Å². The number of primary amides is 1. The number of alkyl halides is 2. The van der Waals surface area contributed by atoms with Crippen molar-refractivity contribution in [3.63, 3.8) is 0 Å². The number of nitrogens with two attached hydrogens (primary N) is 1. The van der Waals surface area contributed by atoms with Gasteiger partial charge in [-0.05, 0) is 89.6 Å². The predicted molar refractivity (Wildman–Crippen MR) is 273 cm³/mol. The number of fused-ring (bicyclic) bond motifs is 2. The standard InChI is InChI=1S/C53H70F2N7O12P/c1-32(2)61-26-25-37-20-23-42(47(66)58-39(22-24-43(56)63)45(64)60-44(33-15-11-9-12-16-33)34-17-13-10-14-18-34)62(37)48(67)41(29-61)59-46(65)40-28-35-27-36(19-21-38(35)57-40)53(54,55)75(70,73-30-71-49(68)51(3,4)5)74-31-72-50(69)52(6,7)8/h9-19,21,27-28,32,37,39,41-42,44,49,57,68H,20,22-26,29-31H2,1-8H3,(H2,56,63)(H,58,66)(H,59,65)(H,60,64)/t37-,39+,41+,42+,49?,75?/m1/s1. The summed E-state index contributed by atoms with van der Waals surface area (Å²) in [4.78, 5) is 88.4. The number of aliphatic hydroxyl groups excluding tert-OH is 1. The highest BCUT2D eigenvalue weighted by Crippen LogP contribution is 2.67. The van der Waals surface area contributed by atoms with Gasteiger partial charge in [-0.1, -0.05) is 87.5 Å². The number of nitrogens with one attached hydrogen (secondary N) is 4. The van der Waals surface area contributed by atoms with Crippen molar-refractivity contribution >= 4 is 54.0 Å². The monoisotopic (exact) mass is 1070 g/mol. The van der Waals surface area contributed by atoms with Gasteiger partial charge >= 0.3 is 19.2 Å². The van der Waals surface area contributed by atoms with Crippen molar-refractivity contribution in [1.82, 2.24) is 30.7 Å². The summed E-state index contributed by atoms with van der Waals surface area (Å²) in [5.74, 6) is -4.03. The van der Waals surface area contributed by atoms with E-state index in [2.05, 4.69) is 20.9 Å². The summed E-state index contributed by atoms with van der Waals surface area (Å²) in [6.45, 7) is 11.6. The van der Waals surface area contributed by atoms with Crippen LogP contribution in [0.15, 0.2) is 84.9 Å². The van der Waals surface area contributed by atoms with E-state index in [1.165, 1.54) is 37.8 Å². The maximum Gasteiger partial charge on any atom is 0.409 e. The Morgan fingerprint density at radius 1 is 0.867 bits per heavy atom. The third-order valence-corrected chi connectivity index (χ3v) is 15.0. The average molecular weight is 1070 g/mol. The maximum absolute atomic E-state index is 16.5. The van der Waals surface area contributed by atoms with Crippen molar-refractivity contribution in [3.8, 4) is 0 Å². The van der Waals surface area contributed by atoms with Crippen molar-refractivity contribution in [2.75, 3.05) is 26.7 Å². The molecular formula is C53H70F2N7O12P. The molecule has 0 saturated carbocycles. The number of hydrogen-bond donors (Lipinski definition) is 6. The van der Waals surface area contributed by atoms with Gasteiger partial charge in [-0.3, -0.25) is 47.3 Å². The summed E-state index contributed by atoms with van der Waals surface area (Å²) in [6, 6.07) is 18.3. The Kier molecular flexibility index (Phi) is 18.8. The molecule has 6 rings (SSSR count). The Balaban J connectivity index is 1.22. The van der Waals surface area contributed by atoms with E-state index in [-0.39, 0.29) is 48.4 Å². The second kappa shape index (κ2) is 24.3. The molecule has 3 aromatic carbocycles. The molecule has 2 saturated heterocycles. The van der Waals surface area contributed by atoms with Crippen LogP contribution < -0.4 is 21.7 Å². The fourth-order valence-corrected chi connectivity index (χ4v) is 10.0. The Morgan fingerprint density at radius 2 is 1.49 bits per heavy atom. The number of hydrogen-bond acceptors (Lipinski definition) is 13. The lowest BCUT2D eigenvalue weighted by Gasteiger charge is -2.40. The number of halogens is 2. The summed E-state index contributed by atoms with van der Waals surface area (Å²) in [6.07, 6.45) is -0.637. The lowest BCUT2D eigenvalue weighted by Crippen LogP contribution is -2.62. The summed E-state index contributed by atoms with van der Waals surface area (Å²) in [5.41, 5.74) is -0.0263. The van der Waals surface area contributed by atoms with Crippen molar-refractivity contribution in [2.45, 2.75) is 136 Å². The number of esters is 1. The molecule has 0 radical (unpaired) electrons. The summed E-state index contributed by atoms with van der Waals surface area (Å²) in [5, 5.41) is 19.1. The van der Waals surface area contributed by atoms with Crippen molar-refractivity contribution < 1.29 is 65.7 Å². The van der Waals surface area contributed by atoms with Crippen LogP contribution in [0.2, 0.25) is 0 Å². The molecule has 5 amide bonds. The van der Waals surface area contributed by atoms with Crippen LogP contribution >= 0.6 is 7.60 Å². The molecule has 0 spiro atoms. The van der Waals surface area contributed by atoms with Crippen LogP contribution in [0, 0.1) is 10.8 Å². The number of nitrogens with zero attached hydrogens (tertiary/aromatic N) is 2. The predicted octanol–water partition coefficient (Wildman–Crippen LogP) is 6.56. The largest absolute Gasteiger partial charge is 0.438 e. The summed E-state index contributed by atoms with van der Waals surface area (Å²) in [7, 11) is -5.63. The molecular weight excluding hydrogens is 996 g/mol. The fourth-order valence-electron chi connectivity index (χ4n) is 8.76. The highest BCUT2D eigenvalue weighted by molar-refractivity contribution is 7.54. The maximum atomic E-state index is 16.5. The zero-order chi connectivity index (χ0) is 55.0. The first-order valence-electron chi connectivity index (χ1n) is 24.9. The van der Waals surface area contributed by atoms with Gasteiger partial charge in [-0.25, -0.2) is 0 Å². The number of carbonyl (C=O) groups excluding carboxylic acids is 6. The van der Waals surface area contributed by atoms with Crippen molar-refractivity contribution in [3.05, 3.63) is 107 Å². The van der Waals surface area contributed by atoms with E-state index in [0.717, 1.165) is 23.3 Å². The molecule has 408 valence electrons. The third kappa shape index (κ3) is 14.4. The molecule has 2 aliphatic heterocycles. The number of aromatic nitrogens is 1. The minimum Gasteiger partial charge on any atom is -0.438 e. The van der Waals surface area contributed by atoms with Crippen LogP contribution in [-0.2, 0) is 52.7 Å². The second-order valence-electron chi connectivity index (χ2n) is 21.3. The molecule has 75 heavy (non-hydrogen) atoms. The fraction of sp³-hybridized carbons (Fsp3) is 0.509. The average Bonchev–Trinajstić information content (AvgIpc) is 3.99. The van der Waals surface area contributed by atoms with E-state index >= 15 is 8.78 Å². The van der Waals surface area contributed by atoms with Gasteiger partial charge in [-0.2, -0.15) is 8.78 Å². The number of carbonyl (C=O) groups is 6. The van der Waals surface area contributed by atoms with Gasteiger partial charge in [0.2, 0.25) is 30.4 Å². The number of rotatable bonds is 21. The molecule has 19 nitrogen and oxygen atoms in total. The SMILES string of the molecule is CC(C)N1CC[C@H]2CC[C@@H](C(=O)N[C@@H](CCC(N)=O)C(=O)NC(c3ccccc3)c3ccccc3)N2C(=O)[C@@H](NC(=O)c2cc3cc(C(F)(F)P(=O)(OCOC(=O)C(C)(C)C)OCOC(O)C(C)(C)C)ccc3[nH]2)C1. The summed E-state index contributed by atoms with van der Waals surface area (Å²) < 4.78 is 67.3. The molecule has 0 aliphatic carbocycles. The number of aliphatic hydroxyl groups is 1. The molecule has 2 unspecified atom stereocenters. The summed E-state index contributed by atoms with van der Waals surface area (Å²) >= 11 is 0. The van der Waals surface area contributed by atoms with Crippen molar-refractivity contribution in [1.29, 1.82) is 0 Å². The van der Waals surface area contributed by atoms with Gasteiger partial charge in [-0.15, -0.1) is 0 Å². The number of ether oxygens (including phenoxy) is 2. The molecule has 2 fully saturated rings. The van der Waals surface area contributed by atoms with E-state index in [4.69, 9.17) is 24.3 Å². The minimum absolute atomic E-state index is 0.0528. The normalized spacial score (nSPS) is 19.4. The molecule has 2 aliphatic rings. The van der Waals surface area contributed by atoms with Crippen LogP contribution in [0.25, 0.3) is 10.9 Å². The van der Waals surface area contributed by atoms with Gasteiger partial charge in [0.05, 0.1) is 11.5 Å². The Labute approximate surface area is 435 Å². The number of H-pyrrole nitrogens is 1. The molecule has 3 heterocycles. The third-order valence-electron chi connectivity index (χ3n) is 13.2. The Hall–Kier alpha value is -6.09. The van der Waals surface area contributed by atoms with Gasteiger partial charge < -0.3 is 46.1 Å². The molecule has 0 bridgehead atoms. The molecule has 1 aromatic heterocycles. The van der Waals surface area contributed by atoms with Crippen LogP contribution in [0.5, 0.6) is 0 Å². The van der Waals surface area contributed by atoms with Crippen LogP contribution in [0.3, 0.4) is 0 Å². The number of aromatic amines is 1. The zero-order valence-corrected chi connectivity index (χ0v) is 44.5. The van der Waals surface area contributed by atoms with Gasteiger partial charge in [0.1, 0.15) is 23.8 Å². The first kappa shape index (κ1) is 58.2. The highest BCUT2D eigenvalue weighted by Gasteiger charge is 2.56. The molecule has 22 heteroatoms. The highest BCUT2D eigenvalue weighted by atomic mass is 31.2. The lowest BCUT2D eigenvalue weighted by atomic mass is 9.96. The topological polar surface area (TPSA) is 261 Å². The lowest BCUT2D eigenvalue weighted by molar-refractivity contribution is -0.195.